The molecule has 0 aromatic rings. The van der Waals surface area contributed by atoms with E-state index in [1.165, 1.54) is 6.92 Å². The first kappa shape index (κ1) is 14.5. The second-order valence-electron chi connectivity index (χ2n) is 3.05. The van der Waals surface area contributed by atoms with E-state index in [1.807, 2.05) is 0 Å². The van der Waals surface area contributed by atoms with Gasteiger partial charge in [0.2, 0.25) is 11.8 Å². The Kier molecular flexibility index (Phi) is 7.54. The van der Waals surface area contributed by atoms with Crippen molar-refractivity contribution in [2.45, 2.75) is 13.0 Å². The Balaban J connectivity index is 0.00000196. The van der Waals surface area contributed by atoms with E-state index in [0.29, 0.717) is 13.1 Å². The summed E-state index contributed by atoms with van der Waals surface area (Å²) in [7, 11) is 0. The van der Waals surface area contributed by atoms with Crippen molar-refractivity contribution in [1.29, 1.82) is 0 Å². The van der Waals surface area contributed by atoms with Gasteiger partial charge in [-0.05, 0) is 0 Å². The van der Waals surface area contributed by atoms with Gasteiger partial charge in [0.25, 0.3) is 0 Å². The molecule has 2 amide bonds. The molecular formula is C8H16ClN3O2S. The Bertz CT molecular complexity index is 222. The third-order valence-corrected chi connectivity index (χ3v) is 2.77. The van der Waals surface area contributed by atoms with Gasteiger partial charge in [0.15, 0.2) is 0 Å². The molecule has 1 aliphatic heterocycles. The van der Waals surface area contributed by atoms with Gasteiger partial charge >= 0.3 is 0 Å². The van der Waals surface area contributed by atoms with E-state index >= 15 is 0 Å². The average molecular weight is 254 g/mol. The summed E-state index contributed by atoms with van der Waals surface area (Å²) in [5.41, 5.74) is 0. The fourth-order valence-electron chi connectivity index (χ4n) is 1.11. The van der Waals surface area contributed by atoms with Gasteiger partial charge in [-0.25, -0.2) is 0 Å². The molecule has 0 aromatic carbocycles. The number of hydrogen-bond acceptors (Lipinski definition) is 4. The van der Waals surface area contributed by atoms with Crippen molar-refractivity contribution in [3.8, 4) is 0 Å². The van der Waals surface area contributed by atoms with Crippen LogP contribution in [0.1, 0.15) is 6.92 Å². The quantitative estimate of drug-likeness (QED) is 0.581. The summed E-state index contributed by atoms with van der Waals surface area (Å²) in [5.74, 6) is 1.60. The minimum absolute atomic E-state index is 0. The number of carbonyl (C=O) groups is 2. The third kappa shape index (κ3) is 5.86. The molecule has 0 bridgehead atoms. The molecule has 1 rings (SSSR count). The van der Waals surface area contributed by atoms with E-state index in [2.05, 4.69) is 16.0 Å². The summed E-state index contributed by atoms with van der Waals surface area (Å²) < 4.78 is 0. The monoisotopic (exact) mass is 253 g/mol. The summed E-state index contributed by atoms with van der Waals surface area (Å²) in [5, 5.41) is 8.43. The standard InChI is InChI=1S/C8H15N3O2S.ClH/c1-6(12)9-2-3-10-8(13)7-4-14-5-11-7;/h7,11H,2-5H2,1H3,(H,9,12)(H,10,13);1H. The minimum atomic E-state index is -0.0752. The Labute approximate surface area is 99.5 Å². The molecule has 3 N–H and O–H groups in total. The van der Waals surface area contributed by atoms with Gasteiger partial charge in [0, 0.05) is 31.6 Å². The van der Waals surface area contributed by atoms with Crippen molar-refractivity contribution in [2.24, 2.45) is 0 Å². The highest BCUT2D eigenvalue weighted by Crippen LogP contribution is 2.08. The Hall–Kier alpha value is -0.460. The number of thioether (sulfide) groups is 1. The fraction of sp³-hybridized carbons (Fsp3) is 0.750. The highest BCUT2D eigenvalue weighted by atomic mass is 35.5. The molecular weight excluding hydrogens is 238 g/mol. The molecule has 1 aliphatic rings. The van der Waals surface area contributed by atoms with E-state index in [9.17, 15) is 9.59 Å². The molecule has 5 nitrogen and oxygen atoms in total. The number of rotatable bonds is 4. The second kappa shape index (κ2) is 7.78. The molecule has 0 aliphatic carbocycles. The Morgan fingerprint density at radius 3 is 2.60 bits per heavy atom. The second-order valence-corrected chi connectivity index (χ2v) is 4.08. The summed E-state index contributed by atoms with van der Waals surface area (Å²) in [6.07, 6.45) is 0. The van der Waals surface area contributed by atoms with Crippen molar-refractivity contribution in [3.63, 3.8) is 0 Å². The summed E-state index contributed by atoms with van der Waals surface area (Å²) in [6, 6.07) is -0.0719. The predicted molar refractivity (Wildman–Crippen MR) is 63.2 cm³/mol. The molecule has 1 saturated heterocycles. The van der Waals surface area contributed by atoms with Crippen molar-refractivity contribution in [3.05, 3.63) is 0 Å². The zero-order chi connectivity index (χ0) is 10.4. The lowest BCUT2D eigenvalue weighted by atomic mass is 10.3. The van der Waals surface area contributed by atoms with Gasteiger partial charge in [-0.1, -0.05) is 0 Å². The maximum atomic E-state index is 11.4. The first-order chi connectivity index (χ1) is 6.70. The van der Waals surface area contributed by atoms with Crippen LogP contribution < -0.4 is 16.0 Å². The van der Waals surface area contributed by atoms with Crippen molar-refractivity contribution >= 4 is 36.0 Å². The molecule has 1 heterocycles. The minimum Gasteiger partial charge on any atom is -0.355 e. The van der Waals surface area contributed by atoms with Crippen LogP contribution in [-0.4, -0.2) is 42.6 Å². The molecule has 1 fully saturated rings. The van der Waals surface area contributed by atoms with Crippen LogP contribution in [0.5, 0.6) is 0 Å². The molecule has 88 valence electrons. The van der Waals surface area contributed by atoms with Crippen molar-refractivity contribution in [1.82, 2.24) is 16.0 Å². The van der Waals surface area contributed by atoms with Crippen LogP contribution in [0.4, 0.5) is 0 Å². The van der Waals surface area contributed by atoms with Gasteiger partial charge in [0.05, 0.1) is 6.04 Å². The number of nitrogens with one attached hydrogen (secondary N) is 3. The topological polar surface area (TPSA) is 70.2 Å². The van der Waals surface area contributed by atoms with Gasteiger partial charge in [-0.3, -0.25) is 14.9 Å². The van der Waals surface area contributed by atoms with E-state index < -0.39 is 0 Å². The van der Waals surface area contributed by atoms with Crippen LogP contribution in [0.15, 0.2) is 0 Å². The van der Waals surface area contributed by atoms with E-state index in [1.54, 1.807) is 11.8 Å². The zero-order valence-electron chi connectivity index (χ0n) is 8.54. The molecule has 0 radical (unpaired) electrons. The van der Waals surface area contributed by atoms with Crippen LogP contribution in [0, 0.1) is 0 Å². The van der Waals surface area contributed by atoms with Crippen molar-refractivity contribution in [2.75, 3.05) is 24.7 Å². The fourth-order valence-corrected chi connectivity index (χ4v) is 2.05. The van der Waals surface area contributed by atoms with Crippen LogP contribution >= 0.6 is 24.2 Å². The maximum absolute atomic E-state index is 11.4. The zero-order valence-corrected chi connectivity index (χ0v) is 10.2. The summed E-state index contributed by atoms with van der Waals surface area (Å²) in [4.78, 5) is 21.9. The van der Waals surface area contributed by atoms with Crippen LogP contribution in [0.25, 0.3) is 0 Å². The summed E-state index contributed by atoms with van der Waals surface area (Å²) in [6.45, 7) is 2.43. The Morgan fingerprint density at radius 2 is 2.07 bits per heavy atom. The molecule has 0 saturated carbocycles. The molecule has 1 unspecified atom stereocenters. The summed E-state index contributed by atoms with van der Waals surface area (Å²) >= 11 is 1.71. The van der Waals surface area contributed by atoms with Crippen molar-refractivity contribution < 1.29 is 9.59 Å². The smallest absolute Gasteiger partial charge is 0.238 e. The number of amides is 2. The number of halogens is 1. The lowest BCUT2D eigenvalue weighted by Crippen LogP contribution is -2.44. The molecule has 15 heavy (non-hydrogen) atoms. The van der Waals surface area contributed by atoms with Crippen LogP contribution in [-0.2, 0) is 9.59 Å². The lowest BCUT2D eigenvalue weighted by Gasteiger charge is -2.10. The molecule has 0 aromatic heterocycles. The van der Waals surface area contributed by atoms with Gasteiger partial charge < -0.3 is 10.6 Å². The van der Waals surface area contributed by atoms with E-state index in [0.717, 1.165) is 11.6 Å². The average Bonchev–Trinajstić information content (AvgIpc) is 2.64. The first-order valence-corrected chi connectivity index (χ1v) is 5.69. The molecule has 0 spiro atoms. The highest BCUT2D eigenvalue weighted by Gasteiger charge is 2.21. The highest BCUT2D eigenvalue weighted by molar-refractivity contribution is 7.99. The van der Waals surface area contributed by atoms with Gasteiger partial charge in [-0.15, -0.1) is 24.2 Å². The molecule has 7 heteroatoms. The predicted octanol–water partition coefficient (Wildman–Crippen LogP) is -0.677. The van der Waals surface area contributed by atoms with Gasteiger partial charge in [-0.2, -0.15) is 0 Å². The maximum Gasteiger partial charge on any atom is 0.238 e. The van der Waals surface area contributed by atoms with Crippen LogP contribution in [0.2, 0.25) is 0 Å². The van der Waals surface area contributed by atoms with Crippen LogP contribution in [0.3, 0.4) is 0 Å². The number of hydrogen-bond donors (Lipinski definition) is 3. The Morgan fingerprint density at radius 1 is 1.40 bits per heavy atom. The number of carbonyl (C=O) groups excluding carboxylic acids is 2. The third-order valence-electron chi connectivity index (χ3n) is 1.83. The van der Waals surface area contributed by atoms with E-state index in [-0.39, 0.29) is 30.3 Å². The largest absolute Gasteiger partial charge is 0.355 e. The molecule has 1 atom stereocenters. The lowest BCUT2D eigenvalue weighted by molar-refractivity contribution is -0.123. The normalized spacial score (nSPS) is 19.1. The first-order valence-electron chi connectivity index (χ1n) is 4.53. The van der Waals surface area contributed by atoms with E-state index in [4.69, 9.17) is 0 Å². The SMILES string of the molecule is CC(=O)NCCNC(=O)C1CSCN1.Cl. The van der Waals surface area contributed by atoms with Gasteiger partial charge in [0.1, 0.15) is 0 Å².